The number of rotatable bonds is 7. The molecular formula is C20H28N2O3. The van der Waals surface area contributed by atoms with Crippen LogP contribution in [0.4, 0.5) is 5.69 Å². The molecule has 0 heterocycles. The molecule has 25 heavy (non-hydrogen) atoms. The normalized spacial score (nSPS) is 16.3. The van der Waals surface area contributed by atoms with Crippen molar-refractivity contribution in [1.82, 2.24) is 0 Å². The van der Waals surface area contributed by atoms with Gasteiger partial charge in [0.2, 0.25) is 0 Å². The number of nitrogens with zero attached hydrogens (tertiary/aromatic N) is 1. The van der Waals surface area contributed by atoms with E-state index in [2.05, 4.69) is 25.2 Å². The lowest BCUT2D eigenvalue weighted by atomic mass is 9.83. The molecule has 5 heteroatoms. The molecule has 0 saturated heterocycles. The molecule has 1 aromatic rings. The summed E-state index contributed by atoms with van der Waals surface area (Å²) in [5.41, 5.74) is 0.137. The second-order valence-corrected chi connectivity index (χ2v) is 6.97. The molecule has 0 aliphatic heterocycles. The van der Waals surface area contributed by atoms with E-state index in [1.807, 2.05) is 6.92 Å². The average molecular weight is 344 g/mol. The first-order chi connectivity index (χ1) is 12.0. The van der Waals surface area contributed by atoms with E-state index in [-0.39, 0.29) is 5.91 Å². The number of carbonyl (C=O) groups is 1. The van der Waals surface area contributed by atoms with Crippen LogP contribution in [0.15, 0.2) is 18.2 Å². The molecule has 0 bridgehead atoms. The lowest BCUT2D eigenvalue weighted by molar-refractivity contribution is -0.145. The molecule has 5 nitrogen and oxygen atoms in total. The number of benzene rings is 1. The van der Waals surface area contributed by atoms with Crippen LogP contribution >= 0.6 is 0 Å². The Balaban J connectivity index is 2.15. The van der Waals surface area contributed by atoms with Gasteiger partial charge in [0.1, 0.15) is 17.4 Å². The fraction of sp³-hybridized carbons (Fsp3) is 0.600. The monoisotopic (exact) mass is 344 g/mol. The Bertz CT molecular complexity index is 623. The van der Waals surface area contributed by atoms with Gasteiger partial charge in [-0.3, -0.25) is 4.79 Å². The van der Waals surface area contributed by atoms with Gasteiger partial charge in [-0.2, -0.15) is 5.26 Å². The van der Waals surface area contributed by atoms with Crippen LogP contribution in [0.3, 0.4) is 0 Å². The molecule has 0 aromatic heterocycles. The van der Waals surface area contributed by atoms with Crippen LogP contribution in [0.2, 0.25) is 0 Å². The van der Waals surface area contributed by atoms with Crippen molar-refractivity contribution in [2.45, 2.75) is 58.5 Å². The minimum atomic E-state index is -0.771. The van der Waals surface area contributed by atoms with Crippen LogP contribution in [0, 0.1) is 17.2 Å². The molecule has 2 rings (SSSR count). The lowest BCUT2D eigenvalue weighted by Crippen LogP contribution is -2.47. The van der Waals surface area contributed by atoms with Gasteiger partial charge in [0.25, 0.3) is 5.91 Å². The first kappa shape index (κ1) is 19.3. The van der Waals surface area contributed by atoms with Crippen LogP contribution in [0.1, 0.15) is 58.4 Å². The number of carbonyl (C=O) groups excluding carboxylic acids is 1. The molecule has 1 saturated carbocycles. The first-order valence-corrected chi connectivity index (χ1v) is 9.13. The summed E-state index contributed by atoms with van der Waals surface area (Å²) in [6.45, 7) is 7.13. The summed E-state index contributed by atoms with van der Waals surface area (Å²) in [5, 5.41) is 12.3. The number of amides is 1. The van der Waals surface area contributed by atoms with E-state index in [0.717, 1.165) is 32.1 Å². The average Bonchev–Trinajstić information content (AvgIpc) is 2.61. The van der Waals surface area contributed by atoms with Crippen molar-refractivity contribution in [3.8, 4) is 11.8 Å². The SMILES string of the molecule is CCOC1(C(=O)Nc2ccc(OCC(C)C)cc2C#N)CCCCC1. The van der Waals surface area contributed by atoms with Gasteiger partial charge in [0.05, 0.1) is 17.9 Å². The zero-order valence-corrected chi connectivity index (χ0v) is 15.4. The van der Waals surface area contributed by atoms with E-state index >= 15 is 0 Å². The van der Waals surface area contributed by atoms with Gasteiger partial charge in [0, 0.05) is 6.61 Å². The Labute approximate surface area is 150 Å². The Morgan fingerprint density at radius 2 is 2.04 bits per heavy atom. The molecule has 1 fully saturated rings. The zero-order chi connectivity index (χ0) is 18.3. The summed E-state index contributed by atoms with van der Waals surface area (Å²) in [4.78, 5) is 12.9. The van der Waals surface area contributed by atoms with E-state index in [9.17, 15) is 10.1 Å². The van der Waals surface area contributed by atoms with Crippen LogP contribution in [-0.4, -0.2) is 24.7 Å². The smallest absolute Gasteiger partial charge is 0.256 e. The summed E-state index contributed by atoms with van der Waals surface area (Å²) < 4.78 is 11.5. The number of anilines is 1. The van der Waals surface area contributed by atoms with Crippen LogP contribution in [-0.2, 0) is 9.53 Å². The summed E-state index contributed by atoms with van der Waals surface area (Å²) >= 11 is 0. The third-order valence-corrected chi connectivity index (χ3v) is 4.44. The van der Waals surface area contributed by atoms with Gasteiger partial charge < -0.3 is 14.8 Å². The van der Waals surface area contributed by atoms with E-state index in [1.54, 1.807) is 18.2 Å². The largest absolute Gasteiger partial charge is 0.493 e. The van der Waals surface area contributed by atoms with Crippen molar-refractivity contribution in [3.05, 3.63) is 23.8 Å². The van der Waals surface area contributed by atoms with Crippen molar-refractivity contribution in [2.24, 2.45) is 5.92 Å². The van der Waals surface area contributed by atoms with Crippen LogP contribution in [0.25, 0.3) is 0 Å². The molecule has 0 spiro atoms. The van der Waals surface area contributed by atoms with Crippen molar-refractivity contribution in [2.75, 3.05) is 18.5 Å². The second kappa shape index (κ2) is 8.87. The van der Waals surface area contributed by atoms with Crippen molar-refractivity contribution in [1.29, 1.82) is 5.26 Å². The Morgan fingerprint density at radius 1 is 1.32 bits per heavy atom. The number of ether oxygens (including phenoxy) is 2. The second-order valence-electron chi connectivity index (χ2n) is 6.97. The van der Waals surface area contributed by atoms with Crippen molar-refractivity contribution >= 4 is 11.6 Å². The predicted molar refractivity (Wildman–Crippen MR) is 97.6 cm³/mol. The van der Waals surface area contributed by atoms with Crippen LogP contribution < -0.4 is 10.1 Å². The molecule has 1 aliphatic carbocycles. The molecular weight excluding hydrogens is 316 g/mol. The van der Waals surface area contributed by atoms with Gasteiger partial charge >= 0.3 is 0 Å². The third kappa shape index (κ3) is 4.96. The Hall–Kier alpha value is -2.06. The van der Waals surface area contributed by atoms with E-state index < -0.39 is 5.60 Å². The summed E-state index contributed by atoms with van der Waals surface area (Å²) in [6, 6.07) is 7.33. The van der Waals surface area contributed by atoms with E-state index in [4.69, 9.17) is 9.47 Å². The fourth-order valence-electron chi connectivity index (χ4n) is 3.15. The third-order valence-electron chi connectivity index (χ3n) is 4.44. The van der Waals surface area contributed by atoms with Gasteiger partial charge in [0.15, 0.2) is 0 Å². The minimum absolute atomic E-state index is 0.151. The Morgan fingerprint density at radius 3 is 2.64 bits per heavy atom. The standard InChI is InChI=1S/C20H28N2O3/c1-4-25-20(10-6-5-7-11-20)19(23)22-18-9-8-17(12-16(18)13-21)24-14-15(2)3/h8-9,12,15H,4-7,10-11,14H2,1-3H3,(H,22,23). The maximum absolute atomic E-state index is 12.9. The molecule has 1 N–H and O–H groups in total. The lowest BCUT2D eigenvalue weighted by Gasteiger charge is -2.35. The highest BCUT2D eigenvalue weighted by Gasteiger charge is 2.40. The molecule has 0 radical (unpaired) electrons. The summed E-state index contributed by atoms with van der Waals surface area (Å²) in [7, 11) is 0. The molecule has 1 amide bonds. The highest BCUT2D eigenvalue weighted by molar-refractivity contribution is 5.98. The first-order valence-electron chi connectivity index (χ1n) is 9.13. The van der Waals surface area contributed by atoms with Crippen molar-refractivity contribution < 1.29 is 14.3 Å². The minimum Gasteiger partial charge on any atom is -0.493 e. The maximum Gasteiger partial charge on any atom is 0.256 e. The predicted octanol–water partition coefficient (Wildman–Crippen LogP) is 4.27. The molecule has 0 atom stereocenters. The van der Waals surface area contributed by atoms with Gasteiger partial charge in [-0.05, 0) is 43.9 Å². The summed E-state index contributed by atoms with van der Waals surface area (Å²) in [5.74, 6) is 0.893. The fourth-order valence-corrected chi connectivity index (χ4v) is 3.15. The van der Waals surface area contributed by atoms with Gasteiger partial charge in [-0.25, -0.2) is 0 Å². The highest BCUT2D eigenvalue weighted by Crippen LogP contribution is 2.33. The molecule has 0 unspecified atom stereocenters. The molecule has 1 aromatic carbocycles. The highest BCUT2D eigenvalue weighted by atomic mass is 16.5. The number of hydrogen-bond acceptors (Lipinski definition) is 4. The number of hydrogen-bond donors (Lipinski definition) is 1. The quantitative estimate of drug-likeness (QED) is 0.802. The molecule has 1 aliphatic rings. The number of nitrogens with one attached hydrogen (secondary N) is 1. The zero-order valence-electron chi connectivity index (χ0n) is 15.4. The van der Waals surface area contributed by atoms with E-state index in [1.165, 1.54) is 0 Å². The number of nitriles is 1. The maximum atomic E-state index is 12.9. The molecule has 136 valence electrons. The van der Waals surface area contributed by atoms with E-state index in [0.29, 0.717) is 36.1 Å². The topological polar surface area (TPSA) is 71.3 Å². The van der Waals surface area contributed by atoms with Crippen LogP contribution in [0.5, 0.6) is 5.75 Å². The van der Waals surface area contributed by atoms with Gasteiger partial charge in [-0.15, -0.1) is 0 Å². The van der Waals surface area contributed by atoms with Crippen molar-refractivity contribution in [3.63, 3.8) is 0 Å². The summed E-state index contributed by atoms with van der Waals surface area (Å²) in [6.07, 6.45) is 4.56. The Kier molecular flexibility index (Phi) is 6.83. The van der Waals surface area contributed by atoms with Gasteiger partial charge in [-0.1, -0.05) is 33.1 Å².